The van der Waals surface area contributed by atoms with Crippen molar-refractivity contribution < 1.29 is 4.79 Å². The summed E-state index contributed by atoms with van der Waals surface area (Å²) >= 11 is 0. The molecule has 0 aromatic carbocycles. The summed E-state index contributed by atoms with van der Waals surface area (Å²) in [5.74, 6) is 0.843. The third-order valence-corrected chi connectivity index (χ3v) is 4.91. The lowest BCUT2D eigenvalue weighted by Crippen LogP contribution is -2.45. The molecule has 1 amide bonds. The highest BCUT2D eigenvalue weighted by atomic mass is 16.2. The van der Waals surface area contributed by atoms with E-state index in [1.165, 1.54) is 5.56 Å². The number of aromatic nitrogens is 2. The third-order valence-electron chi connectivity index (χ3n) is 4.91. The number of rotatable bonds is 3. The van der Waals surface area contributed by atoms with Gasteiger partial charge in [0.15, 0.2) is 0 Å². The topological polar surface area (TPSA) is 49.3 Å². The number of piperidine rings is 1. The SMILES string of the molecule is O=C1C2CN(Cc3cccnc3)CC2CCN1c1cccnc1. The molecule has 2 unspecified atom stereocenters. The lowest BCUT2D eigenvalue weighted by Gasteiger charge is -2.33. The van der Waals surface area contributed by atoms with E-state index in [9.17, 15) is 4.79 Å². The van der Waals surface area contributed by atoms with Crippen molar-refractivity contribution in [3.63, 3.8) is 0 Å². The van der Waals surface area contributed by atoms with Crippen molar-refractivity contribution in [2.24, 2.45) is 11.8 Å². The van der Waals surface area contributed by atoms with Crippen molar-refractivity contribution in [2.45, 2.75) is 13.0 Å². The Bertz CT molecular complexity index is 676. The minimum atomic E-state index is 0.112. The Balaban J connectivity index is 1.46. The van der Waals surface area contributed by atoms with Gasteiger partial charge in [0.25, 0.3) is 0 Å². The van der Waals surface area contributed by atoms with Gasteiger partial charge in [-0.15, -0.1) is 0 Å². The van der Waals surface area contributed by atoms with E-state index >= 15 is 0 Å². The monoisotopic (exact) mass is 308 g/mol. The number of hydrogen-bond acceptors (Lipinski definition) is 4. The van der Waals surface area contributed by atoms with Crippen LogP contribution in [-0.2, 0) is 11.3 Å². The van der Waals surface area contributed by atoms with Gasteiger partial charge in [-0.25, -0.2) is 0 Å². The van der Waals surface area contributed by atoms with Gasteiger partial charge in [0.2, 0.25) is 5.91 Å². The van der Waals surface area contributed by atoms with Crippen LogP contribution in [0.2, 0.25) is 0 Å². The smallest absolute Gasteiger partial charge is 0.231 e. The van der Waals surface area contributed by atoms with E-state index in [1.54, 1.807) is 18.6 Å². The molecular weight excluding hydrogens is 288 g/mol. The number of amides is 1. The van der Waals surface area contributed by atoms with E-state index in [0.29, 0.717) is 5.92 Å². The molecule has 2 saturated heterocycles. The van der Waals surface area contributed by atoms with E-state index in [2.05, 4.69) is 20.9 Å². The molecule has 2 aliphatic heterocycles. The zero-order chi connectivity index (χ0) is 15.6. The molecular formula is C18H20N4O. The average molecular weight is 308 g/mol. The van der Waals surface area contributed by atoms with Crippen LogP contribution < -0.4 is 4.90 Å². The highest BCUT2D eigenvalue weighted by molar-refractivity contribution is 5.96. The normalized spacial score (nSPS) is 24.7. The molecule has 0 aliphatic carbocycles. The van der Waals surface area contributed by atoms with Crippen molar-refractivity contribution in [3.05, 3.63) is 54.6 Å². The quantitative estimate of drug-likeness (QED) is 0.870. The fourth-order valence-corrected chi connectivity index (χ4v) is 3.79. The number of fused-ring (bicyclic) bond motifs is 1. The summed E-state index contributed by atoms with van der Waals surface area (Å²) in [4.78, 5) is 25.5. The molecule has 4 rings (SSSR count). The zero-order valence-electron chi connectivity index (χ0n) is 13.0. The summed E-state index contributed by atoms with van der Waals surface area (Å²) in [6.07, 6.45) is 8.29. The lowest BCUT2D eigenvalue weighted by atomic mass is 9.88. The van der Waals surface area contributed by atoms with Crippen molar-refractivity contribution in [1.82, 2.24) is 14.9 Å². The first-order chi connectivity index (χ1) is 11.3. The largest absolute Gasteiger partial charge is 0.311 e. The molecule has 2 aliphatic rings. The van der Waals surface area contributed by atoms with Gasteiger partial charge in [-0.1, -0.05) is 6.07 Å². The molecule has 0 saturated carbocycles. The number of pyridine rings is 2. The van der Waals surface area contributed by atoms with Crippen molar-refractivity contribution in [3.8, 4) is 0 Å². The van der Waals surface area contributed by atoms with Gasteiger partial charge in [-0.3, -0.25) is 19.7 Å². The van der Waals surface area contributed by atoms with Crippen LogP contribution >= 0.6 is 0 Å². The molecule has 4 heterocycles. The van der Waals surface area contributed by atoms with Crippen LogP contribution in [0.4, 0.5) is 5.69 Å². The minimum absolute atomic E-state index is 0.112. The van der Waals surface area contributed by atoms with E-state index in [0.717, 1.165) is 38.3 Å². The number of carbonyl (C=O) groups is 1. The first kappa shape index (κ1) is 14.3. The fraction of sp³-hybridized carbons (Fsp3) is 0.389. The molecule has 0 radical (unpaired) electrons. The standard InChI is InChI=1S/C18H20N4O/c23-18-17-13-21(11-14-3-1-6-19-9-14)12-15(17)5-8-22(18)16-4-2-7-20-10-16/h1-4,6-7,9-10,15,17H,5,8,11-13H2. The van der Waals surface area contributed by atoms with Crippen LogP contribution in [0.5, 0.6) is 0 Å². The average Bonchev–Trinajstić information content (AvgIpc) is 3.00. The summed E-state index contributed by atoms with van der Waals surface area (Å²) in [6.45, 7) is 3.52. The van der Waals surface area contributed by atoms with Crippen LogP contribution in [0, 0.1) is 11.8 Å². The predicted molar refractivity (Wildman–Crippen MR) is 87.7 cm³/mol. The van der Waals surface area contributed by atoms with E-state index < -0.39 is 0 Å². The highest BCUT2D eigenvalue weighted by Gasteiger charge is 2.43. The maximum absolute atomic E-state index is 12.9. The first-order valence-corrected chi connectivity index (χ1v) is 8.14. The molecule has 2 aromatic rings. The van der Waals surface area contributed by atoms with Crippen LogP contribution in [0.1, 0.15) is 12.0 Å². The second kappa shape index (κ2) is 6.08. The van der Waals surface area contributed by atoms with Crippen molar-refractivity contribution in [2.75, 3.05) is 24.5 Å². The third kappa shape index (κ3) is 2.84. The van der Waals surface area contributed by atoms with Gasteiger partial charge in [-0.2, -0.15) is 0 Å². The Hall–Kier alpha value is -2.27. The zero-order valence-corrected chi connectivity index (χ0v) is 13.0. The van der Waals surface area contributed by atoms with Crippen LogP contribution in [-0.4, -0.2) is 40.4 Å². The summed E-state index contributed by atoms with van der Waals surface area (Å²) in [5, 5.41) is 0. The second-order valence-corrected chi connectivity index (χ2v) is 6.41. The Labute approximate surface area is 136 Å². The van der Waals surface area contributed by atoms with Gasteiger partial charge in [0, 0.05) is 44.8 Å². The molecule has 5 nitrogen and oxygen atoms in total. The molecule has 2 aromatic heterocycles. The van der Waals surface area contributed by atoms with Crippen LogP contribution in [0.3, 0.4) is 0 Å². The first-order valence-electron chi connectivity index (χ1n) is 8.14. The maximum atomic E-state index is 12.9. The Kier molecular flexibility index (Phi) is 3.79. The molecule has 0 bridgehead atoms. The maximum Gasteiger partial charge on any atom is 0.231 e. The Morgan fingerprint density at radius 1 is 1.09 bits per heavy atom. The van der Waals surface area contributed by atoms with Gasteiger partial charge < -0.3 is 4.90 Å². The summed E-state index contributed by atoms with van der Waals surface area (Å²) < 4.78 is 0. The number of likely N-dealkylation sites (tertiary alicyclic amines) is 1. The molecule has 23 heavy (non-hydrogen) atoms. The molecule has 0 spiro atoms. The molecule has 2 atom stereocenters. The van der Waals surface area contributed by atoms with Gasteiger partial charge in [-0.05, 0) is 36.1 Å². The predicted octanol–water partition coefficient (Wildman–Crippen LogP) is 1.96. The lowest BCUT2D eigenvalue weighted by molar-refractivity contribution is -0.124. The Morgan fingerprint density at radius 3 is 2.65 bits per heavy atom. The summed E-state index contributed by atoms with van der Waals surface area (Å²) in [6, 6.07) is 7.91. The fourth-order valence-electron chi connectivity index (χ4n) is 3.79. The number of hydrogen-bond donors (Lipinski definition) is 0. The summed E-state index contributed by atoms with van der Waals surface area (Å²) in [5.41, 5.74) is 2.13. The number of anilines is 1. The number of carbonyl (C=O) groups excluding carboxylic acids is 1. The van der Waals surface area contributed by atoms with E-state index in [4.69, 9.17) is 0 Å². The van der Waals surface area contributed by atoms with Gasteiger partial charge >= 0.3 is 0 Å². The van der Waals surface area contributed by atoms with Crippen molar-refractivity contribution in [1.29, 1.82) is 0 Å². The molecule has 5 heteroatoms. The molecule has 118 valence electrons. The highest BCUT2D eigenvalue weighted by Crippen LogP contribution is 2.34. The Morgan fingerprint density at radius 2 is 1.91 bits per heavy atom. The number of nitrogens with zero attached hydrogens (tertiary/aromatic N) is 4. The van der Waals surface area contributed by atoms with Gasteiger partial charge in [0.1, 0.15) is 0 Å². The molecule has 0 N–H and O–H groups in total. The van der Waals surface area contributed by atoms with Crippen LogP contribution in [0.15, 0.2) is 49.1 Å². The second-order valence-electron chi connectivity index (χ2n) is 6.41. The van der Waals surface area contributed by atoms with Crippen LogP contribution in [0.25, 0.3) is 0 Å². The molecule has 2 fully saturated rings. The summed E-state index contributed by atoms with van der Waals surface area (Å²) in [7, 11) is 0. The van der Waals surface area contributed by atoms with E-state index in [-0.39, 0.29) is 11.8 Å². The van der Waals surface area contributed by atoms with Gasteiger partial charge in [0.05, 0.1) is 17.8 Å². The van der Waals surface area contributed by atoms with E-state index in [1.807, 2.05) is 29.3 Å². The van der Waals surface area contributed by atoms with Crippen molar-refractivity contribution >= 4 is 11.6 Å². The minimum Gasteiger partial charge on any atom is -0.311 e.